The van der Waals surface area contributed by atoms with Crippen LogP contribution in [-0.4, -0.2) is 76.7 Å². The van der Waals surface area contributed by atoms with Gasteiger partial charge >= 0.3 is 5.97 Å². The molecule has 0 aromatic rings. The number of amides is 2. The number of aliphatic imine (C=N–C) groups is 1. The minimum Gasteiger partial charge on any atom is -0.480 e. The number of carbonyl (C=O) groups excluding carboxylic acids is 2. The van der Waals surface area contributed by atoms with E-state index in [1.807, 2.05) is 6.26 Å². The van der Waals surface area contributed by atoms with Gasteiger partial charge in [-0.2, -0.15) is 11.8 Å². The topological polar surface area (TPSA) is 206 Å². The lowest BCUT2D eigenvalue weighted by Crippen LogP contribution is -2.56. The van der Waals surface area contributed by atoms with E-state index >= 15 is 0 Å². The number of rotatable bonds is 13. The maximum absolute atomic E-state index is 12.5. The fourth-order valence-corrected chi connectivity index (χ4v) is 2.50. The van der Waals surface area contributed by atoms with Crippen molar-refractivity contribution in [3.63, 3.8) is 0 Å². The zero-order chi connectivity index (χ0) is 21.0. The lowest BCUT2D eigenvalue weighted by molar-refractivity contribution is -0.142. The summed E-state index contributed by atoms with van der Waals surface area (Å²) >= 11 is 1.47. The van der Waals surface area contributed by atoms with Crippen LogP contribution in [0.1, 0.15) is 26.2 Å². The van der Waals surface area contributed by atoms with Crippen LogP contribution in [0.15, 0.2) is 4.99 Å². The van der Waals surface area contributed by atoms with E-state index in [2.05, 4.69) is 15.6 Å². The lowest BCUT2D eigenvalue weighted by Gasteiger charge is -2.23. The van der Waals surface area contributed by atoms with Crippen LogP contribution in [0.5, 0.6) is 0 Å². The maximum Gasteiger partial charge on any atom is 0.326 e. The molecule has 156 valence electrons. The van der Waals surface area contributed by atoms with E-state index in [4.69, 9.17) is 17.2 Å². The van der Waals surface area contributed by atoms with E-state index in [1.165, 1.54) is 18.7 Å². The van der Waals surface area contributed by atoms with Crippen LogP contribution in [-0.2, 0) is 14.4 Å². The maximum atomic E-state index is 12.5. The third kappa shape index (κ3) is 10.6. The summed E-state index contributed by atoms with van der Waals surface area (Å²) in [6, 6.07) is -3.30. The summed E-state index contributed by atoms with van der Waals surface area (Å²) in [5.41, 5.74) is 16.0. The van der Waals surface area contributed by atoms with Crippen LogP contribution >= 0.6 is 11.8 Å². The number of thioether (sulfide) groups is 1. The van der Waals surface area contributed by atoms with Crippen LogP contribution < -0.4 is 27.8 Å². The molecular formula is C15H30N6O5S. The summed E-state index contributed by atoms with van der Waals surface area (Å²) in [4.78, 5) is 39.6. The fraction of sp³-hybridized carbons (Fsp3) is 0.733. The van der Waals surface area contributed by atoms with Crippen LogP contribution in [0, 0.1) is 0 Å². The van der Waals surface area contributed by atoms with Crippen molar-refractivity contribution in [1.29, 1.82) is 0 Å². The number of carboxylic acid groups (broad SMARTS) is 1. The van der Waals surface area contributed by atoms with Crippen LogP contribution in [0.25, 0.3) is 0 Å². The molecule has 0 aromatic carbocycles. The molecule has 0 heterocycles. The first kappa shape index (κ1) is 24.9. The summed E-state index contributed by atoms with van der Waals surface area (Å²) in [7, 11) is 0. The number of guanidine groups is 1. The molecular weight excluding hydrogens is 376 g/mol. The van der Waals surface area contributed by atoms with Gasteiger partial charge in [-0.15, -0.1) is 0 Å². The monoisotopic (exact) mass is 406 g/mol. The Kier molecular flexibility index (Phi) is 12.2. The average Bonchev–Trinajstić information content (AvgIpc) is 2.59. The number of aliphatic carboxylic acids is 1. The Balaban J connectivity index is 4.92. The van der Waals surface area contributed by atoms with Gasteiger partial charge in [0.25, 0.3) is 0 Å². The van der Waals surface area contributed by atoms with Crippen molar-refractivity contribution in [3.8, 4) is 0 Å². The van der Waals surface area contributed by atoms with Gasteiger partial charge < -0.3 is 38.0 Å². The SMILES string of the molecule is CSCCC(NC(=O)C(N)C(C)O)C(=O)NC(CCCN=C(N)N)C(=O)O. The van der Waals surface area contributed by atoms with Gasteiger partial charge in [-0.05, 0) is 38.2 Å². The van der Waals surface area contributed by atoms with Gasteiger partial charge in [0, 0.05) is 6.54 Å². The molecule has 11 nitrogen and oxygen atoms in total. The number of aliphatic hydroxyl groups excluding tert-OH is 1. The van der Waals surface area contributed by atoms with Crippen LogP contribution in [0.4, 0.5) is 0 Å². The van der Waals surface area contributed by atoms with Crippen molar-refractivity contribution in [2.24, 2.45) is 22.2 Å². The number of aliphatic hydroxyl groups is 1. The van der Waals surface area contributed by atoms with E-state index < -0.39 is 42.0 Å². The zero-order valence-corrected chi connectivity index (χ0v) is 16.4. The van der Waals surface area contributed by atoms with Crippen LogP contribution in [0.2, 0.25) is 0 Å². The molecule has 10 N–H and O–H groups in total. The number of carbonyl (C=O) groups is 3. The molecule has 0 bridgehead atoms. The molecule has 0 aliphatic carbocycles. The van der Waals surface area contributed by atoms with Crippen molar-refractivity contribution in [2.45, 2.75) is 50.4 Å². The molecule has 0 aliphatic rings. The second-order valence-corrected chi connectivity index (χ2v) is 6.94. The highest BCUT2D eigenvalue weighted by Crippen LogP contribution is 2.05. The Labute approximate surface area is 162 Å². The molecule has 0 aliphatic heterocycles. The third-order valence-corrected chi connectivity index (χ3v) is 4.27. The van der Waals surface area contributed by atoms with Gasteiger partial charge in [0.2, 0.25) is 11.8 Å². The van der Waals surface area contributed by atoms with Crippen LogP contribution in [0.3, 0.4) is 0 Å². The second-order valence-electron chi connectivity index (χ2n) is 5.96. The predicted octanol–water partition coefficient (Wildman–Crippen LogP) is -2.44. The second kappa shape index (κ2) is 13.2. The number of carboxylic acids is 1. The minimum atomic E-state index is -1.20. The standard InChI is InChI=1S/C15H30N6O5S/c1-8(22)11(16)13(24)20-9(5-7-27-2)12(23)21-10(14(25)26)4-3-6-19-15(17)18/h8-11,22H,3-7,16H2,1-2H3,(H,20,24)(H,21,23)(H,25,26)(H4,17,18,19). The van der Waals surface area contributed by atoms with Gasteiger partial charge in [-0.1, -0.05) is 0 Å². The van der Waals surface area contributed by atoms with Gasteiger partial charge in [-0.25, -0.2) is 4.79 Å². The molecule has 0 saturated carbocycles. The Morgan fingerprint density at radius 3 is 2.19 bits per heavy atom. The predicted molar refractivity (Wildman–Crippen MR) is 104 cm³/mol. The Morgan fingerprint density at radius 2 is 1.70 bits per heavy atom. The Hall–Kier alpha value is -2.05. The summed E-state index contributed by atoms with van der Waals surface area (Å²) < 4.78 is 0. The Morgan fingerprint density at radius 1 is 1.11 bits per heavy atom. The zero-order valence-electron chi connectivity index (χ0n) is 15.6. The average molecular weight is 407 g/mol. The highest BCUT2D eigenvalue weighted by Gasteiger charge is 2.28. The number of hydrogen-bond acceptors (Lipinski definition) is 7. The molecule has 0 rings (SSSR count). The first-order valence-corrected chi connectivity index (χ1v) is 9.81. The number of nitrogens with two attached hydrogens (primary N) is 3. The van der Waals surface area contributed by atoms with E-state index in [0.29, 0.717) is 12.2 Å². The smallest absolute Gasteiger partial charge is 0.326 e. The summed E-state index contributed by atoms with van der Waals surface area (Å²) in [6.45, 7) is 1.59. The van der Waals surface area contributed by atoms with Gasteiger partial charge in [0.15, 0.2) is 5.96 Å². The van der Waals surface area contributed by atoms with Crippen molar-refractivity contribution < 1.29 is 24.6 Å². The summed E-state index contributed by atoms with van der Waals surface area (Å²) in [6.07, 6.45) is 1.50. The minimum absolute atomic E-state index is 0.0970. The van der Waals surface area contributed by atoms with Gasteiger partial charge in [-0.3, -0.25) is 14.6 Å². The molecule has 12 heteroatoms. The highest BCUT2D eigenvalue weighted by molar-refractivity contribution is 7.98. The van der Waals surface area contributed by atoms with Gasteiger partial charge in [0.05, 0.1) is 6.10 Å². The number of nitrogens with one attached hydrogen (secondary N) is 2. The fourth-order valence-electron chi connectivity index (χ4n) is 2.02. The number of nitrogens with zero attached hydrogens (tertiary/aromatic N) is 1. The Bertz CT molecular complexity index is 527. The first-order chi connectivity index (χ1) is 12.6. The van der Waals surface area contributed by atoms with Crippen molar-refractivity contribution in [2.75, 3.05) is 18.6 Å². The van der Waals surface area contributed by atoms with E-state index in [1.54, 1.807) is 0 Å². The van der Waals surface area contributed by atoms with Crippen molar-refractivity contribution in [1.82, 2.24) is 10.6 Å². The highest BCUT2D eigenvalue weighted by atomic mass is 32.2. The number of hydrogen-bond donors (Lipinski definition) is 7. The molecule has 27 heavy (non-hydrogen) atoms. The summed E-state index contributed by atoms with van der Waals surface area (Å²) in [5, 5.41) is 23.6. The third-order valence-electron chi connectivity index (χ3n) is 3.63. The first-order valence-electron chi connectivity index (χ1n) is 8.41. The van der Waals surface area contributed by atoms with E-state index in [9.17, 15) is 24.6 Å². The normalized spacial score (nSPS) is 15.1. The van der Waals surface area contributed by atoms with Crippen molar-refractivity contribution >= 4 is 35.5 Å². The molecule has 0 saturated heterocycles. The lowest BCUT2D eigenvalue weighted by atomic mass is 10.1. The quantitative estimate of drug-likeness (QED) is 0.0983. The van der Waals surface area contributed by atoms with Gasteiger partial charge in [0.1, 0.15) is 18.1 Å². The molecule has 0 aromatic heterocycles. The molecule has 0 fully saturated rings. The van der Waals surface area contributed by atoms with E-state index in [0.717, 1.165) is 0 Å². The molecule has 4 atom stereocenters. The molecule has 2 amide bonds. The molecule has 0 spiro atoms. The summed E-state index contributed by atoms with van der Waals surface area (Å²) in [5.74, 6) is -2.07. The largest absolute Gasteiger partial charge is 0.480 e. The molecule has 4 unspecified atom stereocenters. The van der Waals surface area contributed by atoms with E-state index in [-0.39, 0.29) is 25.3 Å². The molecule has 0 radical (unpaired) electrons. The van der Waals surface area contributed by atoms with Crippen molar-refractivity contribution in [3.05, 3.63) is 0 Å².